The molecule has 1 saturated heterocycles. The van der Waals surface area contributed by atoms with E-state index in [-0.39, 0.29) is 5.54 Å². The Hall–Kier alpha value is -1.09. The molecule has 2 aliphatic rings. The third kappa shape index (κ3) is 3.57. The summed E-state index contributed by atoms with van der Waals surface area (Å²) in [5.74, 6) is 2.11. The van der Waals surface area contributed by atoms with Gasteiger partial charge in [0.05, 0.1) is 5.69 Å². The molecule has 1 saturated carbocycles. The van der Waals surface area contributed by atoms with Gasteiger partial charge in [-0.05, 0) is 64.5 Å². The van der Waals surface area contributed by atoms with E-state index in [1.54, 1.807) is 0 Å². The zero-order chi connectivity index (χ0) is 14.9. The van der Waals surface area contributed by atoms with Crippen LogP contribution in [-0.2, 0) is 6.54 Å². The molecule has 1 aromatic rings. The highest BCUT2D eigenvalue weighted by Crippen LogP contribution is 2.38. The fourth-order valence-electron chi connectivity index (χ4n) is 3.82. The largest absolute Gasteiger partial charge is 0.353 e. The summed E-state index contributed by atoms with van der Waals surface area (Å²) < 4.78 is 0. The minimum Gasteiger partial charge on any atom is -0.353 e. The second kappa shape index (κ2) is 5.96. The Balaban J connectivity index is 1.73. The van der Waals surface area contributed by atoms with Gasteiger partial charge in [0.1, 0.15) is 5.82 Å². The summed E-state index contributed by atoms with van der Waals surface area (Å²) in [5, 5.41) is 3.53. The quantitative estimate of drug-likeness (QED) is 0.918. The van der Waals surface area contributed by atoms with Crippen LogP contribution in [0.25, 0.3) is 0 Å². The number of fused-ring (bicyclic) bond motifs is 1. The summed E-state index contributed by atoms with van der Waals surface area (Å²) in [7, 11) is 0. The van der Waals surface area contributed by atoms with Crippen LogP contribution < -0.4 is 10.2 Å². The van der Waals surface area contributed by atoms with Crippen molar-refractivity contribution in [3.8, 4) is 0 Å². The molecule has 21 heavy (non-hydrogen) atoms. The molecule has 1 aromatic heterocycles. The smallest absolute Gasteiger partial charge is 0.129 e. The molecule has 1 N–H and O–H groups in total. The maximum absolute atomic E-state index is 4.92. The molecule has 0 radical (unpaired) electrons. The van der Waals surface area contributed by atoms with E-state index < -0.39 is 0 Å². The molecule has 2 atom stereocenters. The Kier molecular flexibility index (Phi) is 4.21. The van der Waals surface area contributed by atoms with Crippen LogP contribution in [0.5, 0.6) is 0 Å². The van der Waals surface area contributed by atoms with E-state index in [1.165, 1.54) is 44.5 Å². The number of rotatable bonds is 3. The van der Waals surface area contributed by atoms with Crippen LogP contribution in [0.3, 0.4) is 0 Å². The van der Waals surface area contributed by atoms with Gasteiger partial charge in [-0.2, -0.15) is 0 Å². The number of hydrogen-bond acceptors (Lipinski definition) is 3. The Labute approximate surface area is 129 Å². The molecule has 2 unspecified atom stereocenters. The summed E-state index contributed by atoms with van der Waals surface area (Å²) in [4.78, 5) is 7.51. The Morgan fingerprint density at radius 1 is 1.19 bits per heavy atom. The normalized spacial score (nSPS) is 26.0. The zero-order valence-corrected chi connectivity index (χ0v) is 13.7. The predicted octanol–water partition coefficient (Wildman–Crippen LogP) is 3.74. The first-order chi connectivity index (χ1) is 10.0. The predicted molar refractivity (Wildman–Crippen MR) is 88.5 cm³/mol. The van der Waals surface area contributed by atoms with Crippen LogP contribution >= 0.6 is 0 Å². The second-order valence-corrected chi connectivity index (χ2v) is 7.68. The van der Waals surface area contributed by atoms with E-state index in [4.69, 9.17) is 4.98 Å². The van der Waals surface area contributed by atoms with Crippen molar-refractivity contribution in [2.24, 2.45) is 5.92 Å². The van der Waals surface area contributed by atoms with E-state index >= 15 is 0 Å². The first-order valence-corrected chi connectivity index (χ1v) is 8.50. The van der Waals surface area contributed by atoms with Crippen molar-refractivity contribution in [3.05, 3.63) is 23.9 Å². The first-order valence-electron chi connectivity index (χ1n) is 8.50. The summed E-state index contributed by atoms with van der Waals surface area (Å²) >= 11 is 0. The Morgan fingerprint density at radius 2 is 2.00 bits per heavy atom. The van der Waals surface area contributed by atoms with E-state index in [0.717, 1.165) is 24.2 Å². The minimum atomic E-state index is 0.138. The van der Waals surface area contributed by atoms with Crippen LogP contribution in [0.1, 0.15) is 58.6 Å². The van der Waals surface area contributed by atoms with Gasteiger partial charge in [-0.1, -0.05) is 12.5 Å². The van der Waals surface area contributed by atoms with E-state index in [0.29, 0.717) is 0 Å². The van der Waals surface area contributed by atoms with Gasteiger partial charge >= 0.3 is 0 Å². The third-order valence-electron chi connectivity index (χ3n) is 4.88. The molecule has 2 heterocycles. The number of nitrogens with one attached hydrogen (secondary N) is 1. The number of aromatic nitrogens is 1. The molecular formula is C18H29N3. The molecular weight excluding hydrogens is 258 g/mol. The summed E-state index contributed by atoms with van der Waals surface area (Å²) in [6, 6.07) is 7.25. The lowest BCUT2D eigenvalue weighted by Gasteiger charge is -2.38. The maximum atomic E-state index is 4.92. The SMILES string of the molecule is CC(C)(C)NCc1cccc(N2CCCC3CCCC32)n1. The second-order valence-electron chi connectivity index (χ2n) is 7.68. The zero-order valence-electron chi connectivity index (χ0n) is 13.7. The molecule has 0 bridgehead atoms. The monoisotopic (exact) mass is 287 g/mol. The molecule has 3 nitrogen and oxygen atoms in total. The number of piperidine rings is 1. The number of pyridine rings is 1. The van der Waals surface area contributed by atoms with E-state index in [1.807, 2.05) is 0 Å². The van der Waals surface area contributed by atoms with Crippen molar-refractivity contribution in [2.45, 2.75) is 71.0 Å². The number of anilines is 1. The van der Waals surface area contributed by atoms with Gasteiger partial charge in [-0.15, -0.1) is 0 Å². The molecule has 3 heteroatoms. The molecule has 0 aromatic carbocycles. The van der Waals surface area contributed by atoms with Crippen LogP contribution in [-0.4, -0.2) is 23.1 Å². The van der Waals surface area contributed by atoms with Gasteiger partial charge in [0.2, 0.25) is 0 Å². The highest BCUT2D eigenvalue weighted by Gasteiger charge is 2.35. The lowest BCUT2D eigenvalue weighted by Crippen LogP contribution is -2.43. The highest BCUT2D eigenvalue weighted by atomic mass is 15.2. The van der Waals surface area contributed by atoms with Crippen molar-refractivity contribution in [2.75, 3.05) is 11.4 Å². The summed E-state index contributed by atoms with van der Waals surface area (Å²) in [6.07, 6.45) is 6.93. The maximum Gasteiger partial charge on any atom is 0.129 e. The lowest BCUT2D eigenvalue weighted by atomic mass is 9.92. The standard InChI is InChI=1S/C18H29N3/c1-18(2,3)19-13-15-9-5-11-17(20-15)21-12-6-8-14-7-4-10-16(14)21/h5,9,11,14,16,19H,4,6-8,10,12-13H2,1-3H3. The van der Waals surface area contributed by atoms with Gasteiger partial charge in [-0.25, -0.2) is 4.98 Å². The topological polar surface area (TPSA) is 28.2 Å². The van der Waals surface area contributed by atoms with E-state index in [9.17, 15) is 0 Å². The Bertz CT molecular complexity index is 478. The lowest BCUT2D eigenvalue weighted by molar-refractivity contribution is 0.360. The van der Waals surface area contributed by atoms with Crippen LogP contribution in [0, 0.1) is 5.92 Å². The van der Waals surface area contributed by atoms with Crippen LogP contribution in [0.2, 0.25) is 0 Å². The molecule has 1 aliphatic carbocycles. The average molecular weight is 287 g/mol. The highest BCUT2D eigenvalue weighted by molar-refractivity contribution is 5.42. The molecule has 0 amide bonds. The fourth-order valence-corrected chi connectivity index (χ4v) is 3.82. The van der Waals surface area contributed by atoms with Gasteiger partial charge in [0.15, 0.2) is 0 Å². The van der Waals surface area contributed by atoms with Crippen LogP contribution in [0.15, 0.2) is 18.2 Å². The van der Waals surface area contributed by atoms with Gasteiger partial charge < -0.3 is 10.2 Å². The summed E-state index contributed by atoms with van der Waals surface area (Å²) in [6.45, 7) is 8.63. The molecule has 3 rings (SSSR count). The van der Waals surface area contributed by atoms with Gasteiger partial charge in [0, 0.05) is 24.7 Å². The van der Waals surface area contributed by atoms with Crippen molar-refractivity contribution in [1.82, 2.24) is 10.3 Å². The summed E-state index contributed by atoms with van der Waals surface area (Å²) in [5.41, 5.74) is 1.29. The molecule has 2 fully saturated rings. The van der Waals surface area contributed by atoms with Gasteiger partial charge in [-0.3, -0.25) is 0 Å². The van der Waals surface area contributed by atoms with Crippen molar-refractivity contribution in [1.29, 1.82) is 0 Å². The van der Waals surface area contributed by atoms with Crippen molar-refractivity contribution < 1.29 is 0 Å². The van der Waals surface area contributed by atoms with Crippen LogP contribution in [0.4, 0.5) is 5.82 Å². The fraction of sp³-hybridized carbons (Fsp3) is 0.722. The first kappa shape index (κ1) is 14.8. The van der Waals surface area contributed by atoms with E-state index in [2.05, 4.69) is 49.2 Å². The average Bonchev–Trinajstić information content (AvgIpc) is 2.93. The number of hydrogen-bond donors (Lipinski definition) is 1. The molecule has 0 spiro atoms. The van der Waals surface area contributed by atoms with Crippen molar-refractivity contribution in [3.63, 3.8) is 0 Å². The van der Waals surface area contributed by atoms with Gasteiger partial charge in [0.25, 0.3) is 0 Å². The number of nitrogens with zero attached hydrogens (tertiary/aromatic N) is 2. The van der Waals surface area contributed by atoms with Crippen molar-refractivity contribution >= 4 is 5.82 Å². The third-order valence-corrected chi connectivity index (χ3v) is 4.88. The minimum absolute atomic E-state index is 0.138. The Morgan fingerprint density at radius 3 is 2.81 bits per heavy atom. The molecule has 1 aliphatic heterocycles. The molecule has 116 valence electrons.